The molecule has 0 saturated carbocycles. The van der Waals surface area contributed by atoms with E-state index in [1.54, 1.807) is 26.0 Å². The zero-order valence-corrected chi connectivity index (χ0v) is 19.3. The van der Waals surface area contributed by atoms with E-state index in [0.29, 0.717) is 18.8 Å². The van der Waals surface area contributed by atoms with Crippen molar-refractivity contribution in [2.24, 2.45) is 0 Å². The first kappa shape index (κ1) is 23.9. The lowest BCUT2D eigenvalue weighted by molar-refractivity contribution is -0.140. The molecule has 0 aliphatic rings. The Morgan fingerprint density at radius 1 is 0.848 bits per heavy atom. The highest BCUT2D eigenvalue weighted by molar-refractivity contribution is 5.88. The van der Waals surface area contributed by atoms with Crippen molar-refractivity contribution in [1.82, 2.24) is 10.2 Å². The minimum Gasteiger partial charge on any atom is -0.497 e. The maximum atomic E-state index is 13.3. The molecule has 0 unspecified atom stereocenters. The van der Waals surface area contributed by atoms with Crippen LogP contribution in [-0.4, -0.2) is 37.0 Å². The minimum atomic E-state index is -0.655. The van der Waals surface area contributed by atoms with Gasteiger partial charge in [0.1, 0.15) is 17.5 Å². The van der Waals surface area contributed by atoms with E-state index in [1.165, 1.54) is 0 Å². The Balaban J connectivity index is 1.75. The van der Waals surface area contributed by atoms with Gasteiger partial charge in [0.05, 0.1) is 20.6 Å². The minimum absolute atomic E-state index is 0.114. The lowest BCUT2D eigenvalue weighted by Crippen LogP contribution is -2.48. The maximum Gasteiger partial charge on any atom is 0.242 e. The van der Waals surface area contributed by atoms with E-state index >= 15 is 0 Å². The van der Waals surface area contributed by atoms with E-state index in [2.05, 4.69) is 5.32 Å². The third kappa shape index (κ3) is 6.59. The quantitative estimate of drug-likeness (QED) is 0.512. The molecule has 0 heterocycles. The molecule has 6 heteroatoms. The summed E-state index contributed by atoms with van der Waals surface area (Å²) in [5, 5.41) is 2.94. The third-order valence-corrected chi connectivity index (χ3v) is 5.52. The van der Waals surface area contributed by atoms with Gasteiger partial charge in [-0.25, -0.2) is 0 Å². The molecule has 0 fully saturated rings. The first-order valence-corrected chi connectivity index (χ1v) is 10.9. The fraction of sp³-hybridized carbons (Fsp3) is 0.259. The summed E-state index contributed by atoms with van der Waals surface area (Å²) >= 11 is 0. The molecule has 2 amide bonds. The molecule has 33 heavy (non-hydrogen) atoms. The highest BCUT2D eigenvalue weighted by atomic mass is 16.5. The van der Waals surface area contributed by atoms with Gasteiger partial charge in [-0.05, 0) is 36.2 Å². The van der Waals surface area contributed by atoms with Gasteiger partial charge in [-0.3, -0.25) is 9.59 Å². The van der Waals surface area contributed by atoms with E-state index in [0.717, 1.165) is 22.4 Å². The number of amides is 2. The molecule has 3 rings (SSSR count). The molecule has 6 nitrogen and oxygen atoms in total. The van der Waals surface area contributed by atoms with Gasteiger partial charge in [0, 0.05) is 18.7 Å². The summed E-state index contributed by atoms with van der Waals surface area (Å²) in [6, 6.07) is 23.9. The summed E-state index contributed by atoms with van der Waals surface area (Å²) in [7, 11) is 3.21. The maximum absolute atomic E-state index is 13.3. The first-order chi connectivity index (χ1) is 16.0. The number of nitrogens with one attached hydrogen (secondary N) is 1. The topological polar surface area (TPSA) is 67.9 Å². The van der Waals surface area contributed by atoms with Crippen molar-refractivity contribution in [3.8, 4) is 11.5 Å². The first-order valence-electron chi connectivity index (χ1n) is 10.9. The number of carbonyl (C=O) groups excluding carboxylic acids is 2. The van der Waals surface area contributed by atoms with Crippen LogP contribution in [0.15, 0.2) is 78.9 Å². The number of nitrogens with zero attached hydrogens (tertiary/aromatic N) is 1. The molecular weight excluding hydrogens is 416 g/mol. The van der Waals surface area contributed by atoms with Crippen molar-refractivity contribution in [1.29, 1.82) is 0 Å². The number of methoxy groups -OCH3 is 2. The number of benzene rings is 3. The number of para-hydroxylation sites is 1. The van der Waals surface area contributed by atoms with Crippen molar-refractivity contribution in [2.45, 2.75) is 32.5 Å². The Labute approximate surface area is 195 Å². The average Bonchev–Trinajstić information content (AvgIpc) is 2.86. The van der Waals surface area contributed by atoms with Gasteiger partial charge in [0.2, 0.25) is 11.8 Å². The highest BCUT2D eigenvalue weighted by Crippen LogP contribution is 2.18. The summed E-state index contributed by atoms with van der Waals surface area (Å²) in [6.45, 7) is 2.39. The fourth-order valence-corrected chi connectivity index (χ4v) is 3.56. The van der Waals surface area contributed by atoms with Crippen LogP contribution in [0.2, 0.25) is 0 Å². The SMILES string of the molecule is COc1ccc(CN(C(=O)Cc2ccccc2)[C@@H](C)C(=O)NCc2ccccc2OC)cc1. The van der Waals surface area contributed by atoms with Gasteiger partial charge in [0.15, 0.2) is 0 Å². The Kier molecular flexibility index (Phi) is 8.47. The molecule has 0 aromatic heterocycles. The average molecular weight is 447 g/mol. The van der Waals surface area contributed by atoms with Crippen LogP contribution < -0.4 is 14.8 Å². The van der Waals surface area contributed by atoms with Crippen molar-refractivity contribution in [2.75, 3.05) is 14.2 Å². The summed E-state index contributed by atoms with van der Waals surface area (Å²) in [5.74, 6) is 1.11. The number of hydrogen-bond donors (Lipinski definition) is 1. The van der Waals surface area contributed by atoms with E-state index < -0.39 is 6.04 Å². The molecule has 1 atom stereocenters. The van der Waals surface area contributed by atoms with Crippen molar-refractivity contribution < 1.29 is 19.1 Å². The number of ether oxygens (including phenoxy) is 2. The summed E-state index contributed by atoms with van der Waals surface area (Å²) in [6.07, 6.45) is 0.223. The highest BCUT2D eigenvalue weighted by Gasteiger charge is 2.26. The standard InChI is InChI=1S/C27H30N2O4/c1-20(27(31)28-18-23-11-7-8-12-25(23)33-3)29(19-22-13-15-24(32-2)16-14-22)26(30)17-21-9-5-4-6-10-21/h4-16,20H,17-19H2,1-3H3,(H,28,31)/t20-/m0/s1. The predicted octanol–water partition coefficient (Wildman–Crippen LogP) is 3.98. The fourth-order valence-electron chi connectivity index (χ4n) is 3.56. The number of carbonyl (C=O) groups is 2. The van der Waals surface area contributed by atoms with Gasteiger partial charge >= 0.3 is 0 Å². The van der Waals surface area contributed by atoms with Crippen molar-refractivity contribution >= 4 is 11.8 Å². The summed E-state index contributed by atoms with van der Waals surface area (Å²) < 4.78 is 10.6. The van der Waals surface area contributed by atoms with Crippen molar-refractivity contribution in [3.63, 3.8) is 0 Å². The second-order valence-electron chi connectivity index (χ2n) is 7.74. The van der Waals surface area contributed by atoms with E-state index in [-0.39, 0.29) is 18.2 Å². The smallest absolute Gasteiger partial charge is 0.242 e. The Hall–Kier alpha value is -3.80. The zero-order chi connectivity index (χ0) is 23.6. The van der Waals surface area contributed by atoms with E-state index in [4.69, 9.17) is 9.47 Å². The van der Waals surface area contributed by atoms with Crippen LogP contribution in [0.1, 0.15) is 23.6 Å². The van der Waals surface area contributed by atoms with Crippen LogP contribution in [0.25, 0.3) is 0 Å². The number of hydrogen-bond acceptors (Lipinski definition) is 4. The molecule has 0 aliphatic heterocycles. The molecule has 0 spiro atoms. The molecule has 3 aromatic rings. The predicted molar refractivity (Wildman–Crippen MR) is 128 cm³/mol. The summed E-state index contributed by atoms with van der Waals surface area (Å²) in [4.78, 5) is 27.9. The molecule has 0 saturated heterocycles. The van der Waals surface area contributed by atoms with Crippen LogP contribution in [0.5, 0.6) is 11.5 Å². The summed E-state index contributed by atoms with van der Waals surface area (Å²) in [5.41, 5.74) is 2.70. The molecule has 172 valence electrons. The van der Waals surface area contributed by atoms with Gasteiger partial charge in [-0.2, -0.15) is 0 Å². The molecule has 1 N–H and O–H groups in total. The second kappa shape index (κ2) is 11.7. The van der Waals surface area contributed by atoms with Crippen LogP contribution >= 0.6 is 0 Å². The molecule has 0 aliphatic carbocycles. The Morgan fingerprint density at radius 2 is 1.52 bits per heavy atom. The molecule has 0 bridgehead atoms. The van der Waals surface area contributed by atoms with Gasteiger partial charge in [0.25, 0.3) is 0 Å². The Bertz CT molecular complexity index is 1050. The largest absolute Gasteiger partial charge is 0.497 e. The van der Waals surface area contributed by atoms with E-state index in [1.807, 2.05) is 78.9 Å². The molecular formula is C27H30N2O4. The zero-order valence-electron chi connectivity index (χ0n) is 19.3. The van der Waals surface area contributed by atoms with Gasteiger partial charge in [-0.15, -0.1) is 0 Å². The monoisotopic (exact) mass is 446 g/mol. The van der Waals surface area contributed by atoms with E-state index in [9.17, 15) is 9.59 Å². The lowest BCUT2D eigenvalue weighted by atomic mass is 10.1. The van der Waals surface area contributed by atoms with Crippen LogP contribution in [-0.2, 0) is 29.1 Å². The normalized spacial score (nSPS) is 11.4. The third-order valence-electron chi connectivity index (χ3n) is 5.52. The van der Waals surface area contributed by atoms with Crippen molar-refractivity contribution in [3.05, 3.63) is 95.6 Å². The number of rotatable bonds is 10. The van der Waals surface area contributed by atoms with Gasteiger partial charge < -0.3 is 19.7 Å². The van der Waals surface area contributed by atoms with Gasteiger partial charge in [-0.1, -0.05) is 60.7 Å². The lowest BCUT2D eigenvalue weighted by Gasteiger charge is -2.29. The van der Waals surface area contributed by atoms with Crippen LogP contribution in [0, 0.1) is 0 Å². The van der Waals surface area contributed by atoms with Crippen LogP contribution in [0.3, 0.4) is 0 Å². The van der Waals surface area contributed by atoms with Crippen LogP contribution in [0.4, 0.5) is 0 Å². The molecule has 3 aromatic carbocycles. The molecule has 0 radical (unpaired) electrons. The second-order valence-corrected chi connectivity index (χ2v) is 7.74. The Morgan fingerprint density at radius 3 is 2.18 bits per heavy atom.